The Morgan fingerprint density at radius 1 is 0.938 bits per heavy atom. The van der Waals surface area contributed by atoms with Crippen LogP contribution in [0.25, 0.3) is 0 Å². The molecule has 32 heavy (non-hydrogen) atoms. The molecular formula is C24H35N3O4S. The fourth-order valence-electron chi connectivity index (χ4n) is 5.14. The van der Waals surface area contributed by atoms with Crippen molar-refractivity contribution in [3.8, 4) is 0 Å². The fourth-order valence-corrected chi connectivity index (χ4v) is 6.66. The third-order valence-corrected chi connectivity index (χ3v) is 9.01. The predicted molar refractivity (Wildman–Crippen MR) is 124 cm³/mol. The Morgan fingerprint density at radius 2 is 1.62 bits per heavy atom. The fraction of sp³-hybridized carbons (Fsp3) is 0.667. The van der Waals surface area contributed by atoms with Gasteiger partial charge in [-0.1, -0.05) is 32.1 Å². The highest BCUT2D eigenvalue weighted by Crippen LogP contribution is 2.29. The van der Waals surface area contributed by atoms with E-state index < -0.39 is 10.0 Å². The van der Waals surface area contributed by atoms with Crippen LogP contribution in [0.2, 0.25) is 0 Å². The molecule has 0 spiro atoms. The zero-order valence-electron chi connectivity index (χ0n) is 18.8. The first-order valence-electron chi connectivity index (χ1n) is 12.2. The summed E-state index contributed by atoms with van der Waals surface area (Å²) in [5.74, 6) is -0.0540. The summed E-state index contributed by atoms with van der Waals surface area (Å²) < 4.78 is 28.0. The van der Waals surface area contributed by atoms with E-state index in [1.807, 2.05) is 0 Å². The monoisotopic (exact) mass is 461 g/mol. The van der Waals surface area contributed by atoms with Gasteiger partial charge in [0.1, 0.15) is 0 Å². The molecule has 0 atom stereocenters. The van der Waals surface area contributed by atoms with Crippen molar-refractivity contribution in [1.82, 2.24) is 9.62 Å². The molecule has 2 heterocycles. The highest BCUT2D eigenvalue weighted by molar-refractivity contribution is 7.89. The van der Waals surface area contributed by atoms with Gasteiger partial charge in [-0.2, -0.15) is 4.31 Å². The number of hydrogen-bond acceptors (Lipinski definition) is 4. The number of nitrogens with one attached hydrogen (secondary N) is 2. The van der Waals surface area contributed by atoms with Crippen molar-refractivity contribution in [2.75, 3.05) is 18.4 Å². The minimum absolute atomic E-state index is 0.0286. The summed E-state index contributed by atoms with van der Waals surface area (Å²) in [6.07, 6.45) is 11.2. The van der Waals surface area contributed by atoms with Crippen LogP contribution in [0, 0.1) is 5.92 Å². The average Bonchev–Trinajstić information content (AvgIpc) is 2.95. The van der Waals surface area contributed by atoms with Gasteiger partial charge in [0, 0.05) is 37.2 Å². The average molecular weight is 462 g/mol. The maximum absolute atomic E-state index is 13.2. The van der Waals surface area contributed by atoms with Gasteiger partial charge in [-0.05, 0) is 62.3 Å². The first-order chi connectivity index (χ1) is 15.4. The summed E-state index contributed by atoms with van der Waals surface area (Å²) in [4.78, 5) is 24.8. The summed E-state index contributed by atoms with van der Waals surface area (Å²) in [5.41, 5.74) is 1.57. The number of sulfonamides is 1. The number of carbonyl (C=O) groups excluding carboxylic acids is 2. The van der Waals surface area contributed by atoms with Crippen molar-refractivity contribution in [2.24, 2.45) is 5.92 Å². The van der Waals surface area contributed by atoms with Gasteiger partial charge in [0.05, 0.1) is 4.90 Å². The van der Waals surface area contributed by atoms with E-state index in [1.165, 1.54) is 36.4 Å². The van der Waals surface area contributed by atoms with Crippen molar-refractivity contribution < 1.29 is 18.0 Å². The van der Waals surface area contributed by atoms with Gasteiger partial charge in [0.2, 0.25) is 21.8 Å². The number of fused-ring (bicyclic) bond motifs is 1. The molecule has 7 nitrogen and oxygen atoms in total. The van der Waals surface area contributed by atoms with Crippen molar-refractivity contribution in [3.63, 3.8) is 0 Å². The van der Waals surface area contributed by atoms with Gasteiger partial charge in [0.15, 0.2) is 0 Å². The first kappa shape index (κ1) is 23.2. The van der Waals surface area contributed by atoms with Crippen LogP contribution < -0.4 is 10.6 Å². The third kappa shape index (κ3) is 5.52. The molecule has 2 aliphatic heterocycles. The van der Waals surface area contributed by atoms with E-state index in [9.17, 15) is 18.0 Å². The van der Waals surface area contributed by atoms with Crippen LogP contribution in [-0.4, -0.2) is 43.7 Å². The standard InChI is InChI=1S/C24H35N3O4S/c28-23-10-6-7-19-17-21(11-12-22(19)26-23)32(30,31)27-15-13-18(14-16-27)24(29)25-20-8-4-2-1-3-5-9-20/h11-12,17-18,20H,1-10,13-16H2,(H,25,29)(H,26,28). The number of carbonyl (C=O) groups is 2. The quantitative estimate of drug-likeness (QED) is 0.716. The van der Waals surface area contributed by atoms with Crippen molar-refractivity contribution >= 4 is 27.5 Å². The number of benzene rings is 1. The molecule has 2 N–H and O–H groups in total. The molecule has 1 aromatic rings. The summed E-state index contributed by atoms with van der Waals surface area (Å²) in [5, 5.41) is 6.09. The topological polar surface area (TPSA) is 95.6 Å². The first-order valence-corrected chi connectivity index (χ1v) is 13.6. The van der Waals surface area contributed by atoms with Gasteiger partial charge in [-0.15, -0.1) is 0 Å². The highest BCUT2D eigenvalue weighted by atomic mass is 32.2. The Bertz CT molecular complexity index is 931. The van der Waals surface area contributed by atoms with Crippen LogP contribution in [0.1, 0.15) is 76.2 Å². The Balaban J connectivity index is 1.35. The SMILES string of the molecule is O=C1CCCc2cc(S(=O)(=O)N3CCC(C(=O)NC4CCCCCCC4)CC3)ccc2N1. The number of aryl methyl sites for hydroxylation is 1. The maximum atomic E-state index is 13.2. The Hall–Kier alpha value is -1.93. The van der Waals surface area contributed by atoms with Crippen LogP contribution in [-0.2, 0) is 26.0 Å². The smallest absolute Gasteiger partial charge is 0.243 e. The highest BCUT2D eigenvalue weighted by Gasteiger charge is 2.33. The number of piperidine rings is 1. The number of rotatable bonds is 4. The number of amides is 2. The molecule has 0 aromatic heterocycles. The largest absolute Gasteiger partial charge is 0.353 e. The minimum atomic E-state index is -3.62. The lowest BCUT2D eigenvalue weighted by Gasteiger charge is -2.32. The van der Waals surface area contributed by atoms with Crippen LogP contribution in [0.15, 0.2) is 23.1 Å². The van der Waals surface area contributed by atoms with E-state index in [0.29, 0.717) is 50.9 Å². The number of hydrogen-bond donors (Lipinski definition) is 2. The molecule has 0 radical (unpaired) electrons. The Morgan fingerprint density at radius 3 is 2.34 bits per heavy atom. The summed E-state index contributed by atoms with van der Waals surface area (Å²) in [7, 11) is -3.62. The van der Waals surface area contributed by atoms with E-state index in [1.54, 1.807) is 18.2 Å². The van der Waals surface area contributed by atoms with Crippen molar-refractivity contribution in [3.05, 3.63) is 23.8 Å². The molecule has 8 heteroatoms. The van der Waals surface area contributed by atoms with Crippen molar-refractivity contribution in [2.45, 2.75) is 88.0 Å². The molecule has 1 saturated heterocycles. The molecule has 3 aliphatic rings. The van der Waals surface area contributed by atoms with E-state index in [-0.39, 0.29) is 28.7 Å². The molecule has 1 aromatic carbocycles. The van der Waals surface area contributed by atoms with Crippen LogP contribution in [0.3, 0.4) is 0 Å². The summed E-state index contributed by atoms with van der Waals surface area (Å²) in [6, 6.07) is 5.24. The molecule has 0 bridgehead atoms. The lowest BCUT2D eigenvalue weighted by molar-refractivity contribution is -0.127. The lowest BCUT2D eigenvalue weighted by Crippen LogP contribution is -2.45. The zero-order chi connectivity index (χ0) is 22.6. The van der Waals surface area contributed by atoms with Gasteiger partial charge in [-0.25, -0.2) is 8.42 Å². The maximum Gasteiger partial charge on any atom is 0.243 e. The Labute approximate surface area is 191 Å². The number of anilines is 1. The second kappa shape index (κ2) is 10.3. The van der Waals surface area contributed by atoms with E-state index in [2.05, 4.69) is 10.6 Å². The van der Waals surface area contributed by atoms with E-state index in [4.69, 9.17) is 0 Å². The molecule has 1 aliphatic carbocycles. The molecule has 2 amide bonds. The van der Waals surface area contributed by atoms with Crippen molar-refractivity contribution in [1.29, 1.82) is 0 Å². The molecule has 4 rings (SSSR count). The van der Waals surface area contributed by atoms with Gasteiger partial charge >= 0.3 is 0 Å². The molecular weight excluding hydrogens is 426 g/mol. The molecule has 1 saturated carbocycles. The second-order valence-corrected chi connectivity index (χ2v) is 11.4. The van der Waals surface area contributed by atoms with Crippen LogP contribution >= 0.6 is 0 Å². The summed E-state index contributed by atoms with van der Waals surface area (Å²) >= 11 is 0. The van der Waals surface area contributed by atoms with Crippen LogP contribution in [0.4, 0.5) is 5.69 Å². The third-order valence-electron chi connectivity index (χ3n) is 7.11. The Kier molecular flexibility index (Phi) is 7.51. The van der Waals surface area contributed by atoms with Gasteiger partial charge < -0.3 is 10.6 Å². The van der Waals surface area contributed by atoms with E-state index in [0.717, 1.165) is 18.4 Å². The summed E-state index contributed by atoms with van der Waals surface area (Å²) in [6.45, 7) is 0.720. The van der Waals surface area contributed by atoms with Crippen LogP contribution in [0.5, 0.6) is 0 Å². The minimum Gasteiger partial charge on any atom is -0.353 e. The molecule has 2 fully saturated rings. The lowest BCUT2D eigenvalue weighted by atomic mass is 9.94. The normalized spacial score (nSPS) is 22.2. The zero-order valence-corrected chi connectivity index (χ0v) is 19.6. The molecule has 176 valence electrons. The number of nitrogens with zero attached hydrogens (tertiary/aromatic N) is 1. The van der Waals surface area contributed by atoms with Gasteiger partial charge in [-0.3, -0.25) is 9.59 Å². The predicted octanol–water partition coefficient (Wildman–Crippen LogP) is 3.59. The van der Waals surface area contributed by atoms with Gasteiger partial charge in [0.25, 0.3) is 0 Å². The molecule has 0 unspecified atom stereocenters. The second-order valence-electron chi connectivity index (χ2n) is 9.45. The van der Waals surface area contributed by atoms with E-state index >= 15 is 0 Å².